The second-order valence-electron chi connectivity index (χ2n) is 3.86. The second kappa shape index (κ2) is 4.45. The number of amides is 1. The van der Waals surface area contributed by atoms with Gasteiger partial charge >= 0.3 is 7.12 Å². The summed E-state index contributed by atoms with van der Waals surface area (Å²) in [6, 6.07) is 4.69. The molecule has 1 aromatic rings. The van der Waals surface area contributed by atoms with Gasteiger partial charge in [0.15, 0.2) is 0 Å². The molecule has 0 bridgehead atoms. The molecular weight excluding hydrogens is 228 g/mol. The fourth-order valence-electron chi connectivity index (χ4n) is 1.37. The fraction of sp³-hybridized carbons (Fsp3) is 0.300. The van der Waals surface area contributed by atoms with Crippen molar-refractivity contribution in [2.75, 3.05) is 0 Å². The number of nitrogens with one attached hydrogen (secondary N) is 1. The molecule has 0 aromatic heterocycles. The summed E-state index contributed by atoms with van der Waals surface area (Å²) in [4.78, 5) is 11.6. The van der Waals surface area contributed by atoms with Gasteiger partial charge in [-0.2, -0.15) is 0 Å². The van der Waals surface area contributed by atoms with Gasteiger partial charge in [0.2, 0.25) is 0 Å². The van der Waals surface area contributed by atoms with Crippen LogP contribution in [-0.4, -0.2) is 29.1 Å². The Morgan fingerprint density at radius 2 is 2.12 bits per heavy atom. The van der Waals surface area contributed by atoms with Crippen LogP contribution in [0.4, 0.5) is 0 Å². The van der Waals surface area contributed by atoms with Gasteiger partial charge in [0, 0.05) is 22.1 Å². The molecule has 0 aliphatic heterocycles. The third-order valence-corrected chi connectivity index (χ3v) is 2.78. The van der Waals surface area contributed by atoms with Gasteiger partial charge in [-0.3, -0.25) is 4.79 Å². The van der Waals surface area contributed by atoms with Crippen molar-refractivity contribution in [1.29, 1.82) is 0 Å². The minimum absolute atomic E-state index is 0.177. The zero-order valence-electron chi connectivity index (χ0n) is 8.48. The molecule has 1 aromatic carbocycles. The average Bonchev–Trinajstić information content (AvgIpc) is 3.00. The number of carbonyl (C=O) groups is 1. The molecule has 2 rings (SSSR count). The third-order valence-electron chi connectivity index (χ3n) is 2.45. The molecule has 16 heavy (non-hydrogen) atoms. The Hall–Kier alpha value is -1.04. The van der Waals surface area contributed by atoms with Crippen LogP contribution < -0.4 is 10.8 Å². The Labute approximate surface area is 98.4 Å². The monoisotopic (exact) mass is 239 g/mol. The van der Waals surface area contributed by atoms with E-state index in [9.17, 15) is 4.79 Å². The van der Waals surface area contributed by atoms with E-state index in [4.69, 9.17) is 21.6 Å². The van der Waals surface area contributed by atoms with E-state index in [0.717, 1.165) is 12.8 Å². The van der Waals surface area contributed by atoms with Crippen LogP contribution in [-0.2, 0) is 0 Å². The molecule has 6 heteroatoms. The highest BCUT2D eigenvalue weighted by Crippen LogP contribution is 2.19. The maximum absolute atomic E-state index is 11.6. The SMILES string of the molecule is O=C(NC1CC1)c1ccc(B(O)O)c(Cl)c1. The largest absolute Gasteiger partial charge is 0.489 e. The smallest absolute Gasteiger partial charge is 0.423 e. The maximum Gasteiger partial charge on any atom is 0.489 e. The highest BCUT2D eigenvalue weighted by molar-refractivity contribution is 6.62. The minimum atomic E-state index is -1.62. The molecule has 0 saturated heterocycles. The fourth-order valence-corrected chi connectivity index (χ4v) is 1.65. The summed E-state index contributed by atoms with van der Waals surface area (Å²) in [5, 5.41) is 20.9. The maximum atomic E-state index is 11.6. The van der Waals surface area contributed by atoms with Gasteiger partial charge in [0.25, 0.3) is 5.91 Å². The molecule has 0 unspecified atom stereocenters. The highest BCUT2D eigenvalue weighted by Gasteiger charge is 2.24. The van der Waals surface area contributed by atoms with Crippen molar-refractivity contribution in [2.45, 2.75) is 18.9 Å². The number of benzene rings is 1. The number of halogens is 1. The molecule has 0 spiro atoms. The van der Waals surface area contributed by atoms with Gasteiger partial charge in [-0.25, -0.2) is 0 Å². The predicted molar refractivity (Wildman–Crippen MR) is 61.8 cm³/mol. The van der Waals surface area contributed by atoms with Crippen molar-refractivity contribution >= 4 is 30.1 Å². The molecule has 1 aliphatic carbocycles. The van der Waals surface area contributed by atoms with Crippen LogP contribution in [0.5, 0.6) is 0 Å². The third kappa shape index (κ3) is 2.55. The van der Waals surface area contributed by atoms with Crippen LogP contribution in [0.1, 0.15) is 23.2 Å². The number of carbonyl (C=O) groups excluding carboxylic acids is 1. The Balaban J connectivity index is 2.16. The lowest BCUT2D eigenvalue weighted by molar-refractivity contribution is 0.0951. The summed E-state index contributed by atoms with van der Waals surface area (Å²) in [7, 11) is -1.62. The molecule has 1 aliphatic rings. The van der Waals surface area contributed by atoms with Crippen molar-refractivity contribution in [3.63, 3.8) is 0 Å². The van der Waals surface area contributed by atoms with Crippen LogP contribution in [0, 0.1) is 0 Å². The van der Waals surface area contributed by atoms with Crippen LogP contribution >= 0.6 is 11.6 Å². The Bertz CT molecular complexity index is 421. The zero-order chi connectivity index (χ0) is 11.7. The number of hydrogen-bond acceptors (Lipinski definition) is 3. The molecule has 84 valence electrons. The second-order valence-corrected chi connectivity index (χ2v) is 4.26. The summed E-state index contributed by atoms with van der Waals surface area (Å²) < 4.78 is 0. The van der Waals surface area contributed by atoms with Crippen LogP contribution in [0.3, 0.4) is 0 Å². The molecule has 4 nitrogen and oxygen atoms in total. The van der Waals surface area contributed by atoms with Gasteiger partial charge < -0.3 is 15.4 Å². The van der Waals surface area contributed by atoms with Crippen molar-refractivity contribution < 1.29 is 14.8 Å². The van der Waals surface area contributed by atoms with Gasteiger partial charge in [-0.15, -0.1) is 0 Å². The molecule has 0 atom stereocenters. The lowest BCUT2D eigenvalue weighted by Gasteiger charge is -2.06. The van der Waals surface area contributed by atoms with E-state index in [2.05, 4.69) is 5.32 Å². The molecule has 1 fully saturated rings. The summed E-state index contributed by atoms with van der Waals surface area (Å²) in [6.07, 6.45) is 2.04. The predicted octanol–water partition coefficient (Wildman–Crippen LogP) is -0.0880. The van der Waals surface area contributed by atoms with Crippen LogP contribution in [0.15, 0.2) is 18.2 Å². The normalized spacial score (nSPS) is 14.7. The first-order valence-corrected chi connectivity index (χ1v) is 5.42. The van der Waals surface area contributed by atoms with E-state index in [1.807, 2.05) is 0 Å². The van der Waals surface area contributed by atoms with Crippen LogP contribution in [0.25, 0.3) is 0 Å². The van der Waals surface area contributed by atoms with E-state index in [-0.39, 0.29) is 22.4 Å². The van der Waals surface area contributed by atoms with Gasteiger partial charge in [0.1, 0.15) is 0 Å². The van der Waals surface area contributed by atoms with E-state index in [1.165, 1.54) is 18.2 Å². The first kappa shape index (κ1) is 11.5. The zero-order valence-corrected chi connectivity index (χ0v) is 9.24. The minimum Gasteiger partial charge on any atom is -0.423 e. The van der Waals surface area contributed by atoms with E-state index >= 15 is 0 Å². The topological polar surface area (TPSA) is 69.6 Å². The molecule has 1 saturated carbocycles. The molecule has 0 heterocycles. The molecule has 1 amide bonds. The lowest BCUT2D eigenvalue weighted by atomic mass is 9.80. The summed E-state index contributed by atoms with van der Waals surface area (Å²) in [5.74, 6) is -0.177. The van der Waals surface area contributed by atoms with Crippen LogP contribution in [0.2, 0.25) is 5.02 Å². The van der Waals surface area contributed by atoms with Crippen molar-refractivity contribution in [1.82, 2.24) is 5.32 Å². The molecule has 3 N–H and O–H groups in total. The standard InChI is InChI=1S/C10H11BClNO3/c12-9-5-6(1-4-8(9)11(15)16)10(14)13-7-2-3-7/h1,4-5,7,15-16H,2-3H2,(H,13,14). The Morgan fingerprint density at radius 1 is 1.44 bits per heavy atom. The summed E-state index contributed by atoms with van der Waals surface area (Å²) >= 11 is 5.82. The Kier molecular flexibility index (Phi) is 3.19. The quantitative estimate of drug-likeness (QED) is 0.646. The highest BCUT2D eigenvalue weighted by atomic mass is 35.5. The van der Waals surface area contributed by atoms with Crippen molar-refractivity contribution in [3.05, 3.63) is 28.8 Å². The van der Waals surface area contributed by atoms with E-state index in [1.54, 1.807) is 0 Å². The van der Waals surface area contributed by atoms with Crippen molar-refractivity contribution in [3.8, 4) is 0 Å². The Morgan fingerprint density at radius 3 is 2.62 bits per heavy atom. The van der Waals surface area contributed by atoms with Gasteiger partial charge in [-0.1, -0.05) is 17.7 Å². The number of hydrogen-bond donors (Lipinski definition) is 3. The molecule has 0 radical (unpaired) electrons. The number of rotatable bonds is 3. The molecular formula is C10H11BClNO3. The summed E-state index contributed by atoms with van der Waals surface area (Å²) in [5.41, 5.74) is 0.630. The van der Waals surface area contributed by atoms with Gasteiger partial charge in [0.05, 0.1) is 0 Å². The van der Waals surface area contributed by atoms with Crippen molar-refractivity contribution in [2.24, 2.45) is 0 Å². The van der Waals surface area contributed by atoms with E-state index in [0.29, 0.717) is 5.56 Å². The first-order valence-electron chi connectivity index (χ1n) is 5.04. The lowest BCUT2D eigenvalue weighted by Crippen LogP contribution is -2.32. The average molecular weight is 239 g/mol. The van der Waals surface area contributed by atoms with Gasteiger partial charge in [-0.05, 0) is 25.0 Å². The first-order chi connectivity index (χ1) is 7.58. The van der Waals surface area contributed by atoms with E-state index < -0.39 is 7.12 Å². The summed E-state index contributed by atoms with van der Waals surface area (Å²) in [6.45, 7) is 0.